The van der Waals surface area contributed by atoms with Crippen molar-refractivity contribution < 1.29 is 14.7 Å². The van der Waals surface area contributed by atoms with Crippen molar-refractivity contribution in [1.82, 2.24) is 0 Å². The highest BCUT2D eigenvalue weighted by atomic mass is 16.3. The molecule has 5 nitrogen and oxygen atoms in total. The van der Waals surface area contributed by atoms with Gasteiger partial charge in [-0.1, -0.05) is 54.6 Å². The van der Waals surface area contributed by atoms with Crippen LogP contribution in [0.15, 0.2) is 72.8 Å². The van der Waals surface area contributed by atoms with E-state index in [9.17, 15) is 14.7 Å². The molecule has 0 spiro atoms. The van der Waals surface area contributed by atoms with Crippen molar-refractivity contribution in [2.24, 2.45) is 0 Å². The summed E-state index contributed by atoms with van der Waals surface area (Å²) >= 11 is 0. The van der Waals surface area contributed by atoms with E-state index in [2.05, 4.69) is 5.32 Å². The number of fused-ring (bicyclic) bond motifs is 1. The van der Waals surface area contributed by atoms with Gasteiger partial charge in [0.2, 0.25) is 5.91 Å². The van der Waals surface area contributed by atoms with Gasteiger partial charge in [0.1, 0.15) is 6.54 Å². The summed E-state index contributed by atoms with van der Waals surface area (Å²) in [6, 6.07) is 21.5. The normalized spacial score (nSPS) is 17.9. The highest BCUT2D eigenvalue weighted by molar-refractivity contribution is 6.12. The minimum atomic E-state index is -1.81. The Kier molecular flexibility index (Phi) is 4.68. The molecule has 3 aromatic rings. The molecule has 2 amide bonds. The molecule has 2 N–H and O–H groups in total. The van der Waals surface area contributed by atoms with E-state index < -0.39 is 11.5 Å². The molecule has 4 rings (SSSR count). The Morgan fingerprint density at radius 1 is 0.966 bits per heavy atom. The molecule has 1 heterocycles. The Labute approximate surface area is 169 Å². The van der Waals surface area contributed by atoms with Crippen molar-refractivity contribution in [1.29, 1.82) is 0 Å². The first kappa shape index (κ1) is 18.9. The third kappa shape index (κ3) is 3.19. The van der Waals surface area contributed by atoms with Crippen molar-refractivity contribution in [2.75, 3.05) is 16.8 Å². The fourth-order valence-electron chi connectivity index (χ4n) is 3.71. The second-order valence-corrected chi connectivity index (χ2v) is 7.33. The lowest BCUT2D eigenvalue weighted by Gasteiger charge is -2.23. The van der Waals surface area contributed by atoms with Crippen LogP contribution >= 0.6 is 0 Å². The summed E-state index contributed by atoms with van der Waals surface area (Å²) in [6.07, 6.45) is 0. The zero-order valence-corrected chi connectivity index (χ0v) is 16.3. The van der Waals surface area contributed by atoms with Crippen LogP contribution in [-0.4, -0.2) is 23.5 Å². The van der Waals surface area contributed by atoms with Crippen LogP contribution in [0.25, 0.3) is 0 Å². The second kappa shape index (κ2) is 7.18. The number of hydrogen-bond acceptors (Lipinski definition) is 3. The van der Waals surface area contributed by atoms with Crippen LogP contribution in [-0.2, 0) is 15.2 Å². The van der Waals surface area contributed by atoms with Gasteiger partial charge in [-0.3, -0.25) is 14.5 Å². The standard InChI is InChI=1S/C24H22N2O3/c1-16-12-13-19(14-17(16)2)25-22(27)15-26-21-11-7-6-10-20(21)24(29,23(26)28)18-8-4-3-5-9-18/h3-14,29H,15H2,1-2H3,(H,25,27)/t24-/m0/s1. The summed E-state index contributed by atoms with van der Waals surface area (Å²) in [5.74, 6) is -0.853. The largest absolute Gasteiger partial charge is 0.372 e. The highest BCUT2D eigenvalue weighted by Crippen LogP contribution is 2.44. The van der Waals surface area contributed by atoms with Crippen molar-refractivity contribution in [3.05, 3.63) is 95.1 Å². The Bertz CT molecular complexity index is 1090. The minimum absolute atomic E-state index is 0.183. The smallest absolute Gasteiger partial charge is 0.268 e. The number of carbonyl (C=O) groups is 2. The second-order valence-electron chi connectivity index (χ2n) is 7.33. The van der Waals surface area contributed by atoms with E-state index in [1.165, 1.54) is 4.90 Å². The van der Waals surface area contributed by atoms with Crippen LogP contribution in [0, 0.1) is 13.8 Å². The summed E-state index contributed by atoms with van der Waals surface area (Å²) < 4.78 is 0. The number of aryl methyl sites for hydroxylation is 2. The monoisotopic (exact) mass is 386 g/mol. The van der Waals surface area contributed by atoms with E-state index in [0.717, 1.165) is 11.1 Å². The number of carbonyl (C=O) groups excluding carboxylic acids is 2. The van der Waals surface area contributed by atoms with Gasteiger partial charge in [-0.15, -0.1) is 0 Å². The molecule has 29 heavy (non-hydrogen) atoms. The molecule has 3 aromatic carbocycles. The number of nitrogens with one attached hydrogen (secondary N) is 1. The van der Waals surface area contributed by atoms with Crippen LogP contribution in [0.4, 0.5) is 11.4 Å². The predicted octanol–water partition coefficient (Wildman–Crippen LogP) is 3.52. The third-order valence-corrected chi connectivity index (χ3v) is 5.42. The fourth-order valence-corrected chi connectivity index (χ4v) is 3.71. The fraction of sp³-hybridized carbons (Fsp3) is 0.167. The quantitative estimate of drug-likeness (QED) is 0.721. The molecule has 0 bridgehead atoms. The lowest BCUT2D eigenvalue weighted by molar-refractivity contribution is -0.133. The zero-order chi connectivity index (χ0) is 20.6. The molecule has 0 radical (unpaired) electrons. The van der Waals surface area contributed by atoms with Gasteiger partial charge in [0.05, 0.1) is 5.69 Å². The lowest BCUT2D eigenvalue weighted by atomic mass is 9.88. The average Bonchev–Trinajstić information content (AvgIpc) is 2.94. The molecule has 0 saturated carbocycles. The molecule has 1 aliphatic rings. The molecule has 146 valence electrons. The van der Waals surface area contributed by atoms with Gasteiger partial charge in [-0.05, 0) is 48.7 Å². The lowest BCUT2D eigenvalue weighted by Crippen LogP contribution is -2.44. The Morgan fingerprint density at radius 3 is 2.38 bits per heavy atom. The van der Waals surface area contributed by atoms with Gasteiger partial charge in [0, 0.05) is 11.3 Å². The maximum absolute atomic E-state index is 13.3. The molecule has 0 saturated heterocycles. The predicted molar refractivity (Wildman–Crippen MR) is 113 cm³/mol. The number of rotatable bonds is 4. The number of hydrogen-bond donors (Lipinski definition) is 2. The summed E-state index contributed by atoms with van der Waals surface area (Å²) in [5, 5.41) is 14.2. The van der Waals surface area contributed by atoms with Crippen molar-refractivity contribution in [2.45, 2.75) is 19.4 Å². The first-order valence-electron chi connectivity index (χ1n) is 9.47. The van der Waals surface area contributed by atoms with E-state index in [-0.39, 0.29) is 12.5 Å². The van der Waals surface area contributed by atoms with Crippen molar-refractivity contribution >= 4 is 23.2 Å². The van der Waals surface area contributed by atoms with E-state index in [0.29, 0.717) is 22.5 Å². The molecule has 5 heteroatoms. The molecule has 1 atom stereocenters. The van der Waals surface area contributed by atoms with Gasteiger partial charge in [0.15, 0.2) is 5.60 Å². The summed E-state index contributed by atoms with van der Waals surface area (Å²) in [7, 11) is 0. The number of amides is 2. The van der Waals surface area contributed by atoms with Crippen LogP contribution in [0.3, 0.4) is 0 Å². The zero-order valence-electron chi connectivity index (χ0n) is 16.3. The van der Waals surface area contributed by atoms with Gasteiger partial charge in [0.25, 0.3) is 5.91 Å². The summed E-state index contributed by atoms with van der Waals surface area (Å²) in [5.41, 5.74) is 2.59. The first-order chi connectivity index (χ1) is 13.9. The third-order valence-electron chi connectivity index (χ3n) is 5.42. The van der Waals surface area contributed by atoms with Gasteiger partial charge >= 0.3 is 0 Å². The number of benzene rings is 3. The van der Waals surface area contributed by atoms with Gasteiger partial charge in [-0.2, -0.15) is 0 Å². The molecular formula is C24H22N2O3. The van der Waals surface area contributed by atoms with Crippen LogP contribution < -0.4 is 10.2 Å². The SMILES string of the molecule is Cc1ccc(NC(=O)CN2C(=O)[C@](O)(c3ccccc3)c3ccccc32)cc1C. The number of para-hydroxylation sites is 1. The minimum Gasteiger partial charge on any atom is -0.372 e. The van der Waals surface area contributed by atoms with Gasteiger partial charge in [-0.25, -0.2) is 0 Å². The Morgan fingerprint density at radius 2 is 1.66 bits per heavy atom. The highest BCUT2D eigenvalue weighted by Gasteiger charge is 2.51. The molecular weight excluding hydrogens is 364 g/mol. The van der Waals surface area contributed by atoms with E-state index in [1.807, 2.05) is 38.1 Å². The Hall–Kier alpha value is -3.44. The molecule has 0 unspecified atom stereocenters. The maximum atomic E-state index is 13.3. The first-order valence-corrected chi connectivity index (χ1v) is 9.47. The van der Waals surface area contributed by atoms with E-state index >= 15 is 0 Å². The van der Waals surface area contributed by atoms with Crippen LogP contribution in [0.2, 0.25) is 0 Å². The van der Waals surface area contributed by atoms with Crippen LogP contribution in [0.5, 0.6) is 0 Å². The van der Waals surface area contributed by atoms with Crippen molar-refractivity contribution in [3.8, 4) is 0 Å². The topological polar surface area (TPSA) is 69.6 Å². The summed E-state index contributed by atoms with van der Waals surface area (Å²) in [6.45, 7) is 3.80. The maximum Gasteiger partial charge on any atom is 0.268 e. The average molecular weight is 386 g/mol. The summed E-state index contributed by atoms with van der Waals surface area (Å²) in [4.78, 5) is 27.3. The molecule has 1 aliphatic heterocycles. The molecule has 0 fully saturated rings. The number of anilines is 2. The van der Waals surface area contributed by atoms with Gasteiger partial charge < -0.3 is 10.4 Å². The molecule has 0 aliphatic carbocycles. The number of nitrogens with zero attached hydrogens (tertiary/aromatic N) is 1. The number of aliphatic hydroxyl groups is 1. The van der Waals surface area contributed by atoms with Crippen LogP contribution in [0.1, 0.15) is 22.3 Å². The van der Waals surface area contributed by atoms with Crippen molar-refractivity contribution in [3.63, 3.8) is 0 Å². The molecule has 0 aromatic heterocycles. The van der Waals surface area contributed by atoms with E-state index in [1.54, 1.807) is 48.5 Å². The van der Waals surface area contributed by atoms with E-state index in [4.69, 9.17) is 0 Å². The Balaban J connectivity index is 1.63.